The van der Waals surface area contributed by atoms with Gasteiger partial charge in [0.05, 0.1) is 4.90 Å². The average molecular weight is 444 g/mol. The van der Waals surface area contributed by atoms with Crippen molar-refractivity contribution in [1.82, 2.24) is 5.32 Å². The lowest BCUT2D eigenvalue weighted by molar-refractivity contribution is 0.105. The van der Waals surface area contributed by atoms with Crippen molar-refractivity contribution in [2.45, 2.75) is 11.0 Å². The number of aliphatic hydroxyl groups excluding tert-OH is 1. The van der Waals surface area contributed by atoms with Gasteiger partial charge < -0.3 is 19.9 Å². The minimum absolute atomic E-state index is 0.109. The monoisotopic (exact) mass is 443 g/mol. The summed E-state index contributed by atoms with van der Waals surface area (Å²) >= 11 is 3.38. The van der Waals surface area contributed by atoms with Crippen LogP contribution < -0.4 is 14.8 Å². The van der Waals surface area contributed by atoms with Gasteiger partial charge in [0, 0.05) is 23.8 Å². The van der Waals surface area contributed by atoms with Gasteiger partial charge in [-0.15, -0.1) is 0 Å². The zero-order valence-electron chi connectivity index (χ0n) is 14.4. The molecule has 2 rings (SSSR count). The zero-order valence-corrected chi connectivity index (χ0v) is 16.8. The van der Waals surface area contributed by atoms with Crippen LogP contribution in [0, 0.1) is 0 Å². The maximum atomic E-state index is 11.4. The Bertz CT molecular complexity index is 795. The second-order valence-corrected chi connectivity index (χ2v) is 8.65. The highest BCUT2D eigenvalue weighted by atomic mass is 79.9. The molecule has 0 radical (unpaired) electrons. The van der Waals surface area contributed by atoms with Gasteiger partial charge in [-0.25, -0.2) is 8.42 Å². The van der Waals surface area contributed by atoms with Crippen LogP contribution in [-0.4, -0.2) is 52.2 Å². The molecule has 142 valence electrons. The van der Waals surface area contributed by atoms with E-state index in [1.54, 1.807) is 12.1 Å². The third-order valence-corrected chi connectivity index (χ3v) is 5.04. The molecule has 0 heterocycles. The lowest BCUT2D eigenvalue weighted by atomic mass is 10.3. The molecule has 1 atom stereocenters. The fourth-order valence-corrected chi connectivity index (χ4v) is 3.11. The van der Waals surface area contributed by atoms with Gasteiger partial charge in [-0.3, -0.25) is 0 Å². The highest BCUT2D eigenvalue weighted by Gasteiger charge is 2.08. The van der Waals surface area contributed by atoms with Crippen molar-refractivity contribution in [2.75, 3.05) is 32.6 Å². The van der Waals surface area contributed by atoms with Gasteiger partial charge in [0.2, 0.25) is 0 Å². The smallest absolute Gasteiger partial charge is 0.175 e. The maximum absolute atomic E-state index is 11.4. The van der Waals surface area contributed by atoms with Crippen molar-refractivity contribution in [3.63, 3.8) is 0 Å². The third-order valence-electron chi connectivity index (χ3n) is 3.42. The fraction of sp³-hybridized carbons (Fsp3) is 0.333. The van der Waals surface area contributed by atoms with Crippen molar-refractivity contribution in [3.8, 4) is 11.5 Å². The SMILES string of the molecule is CS(=O)(=O)c1ccc(OCC(O)CNCCOc2cccc(Br)c2)cc1. The Balaban J connectivity index is 1.62. The number of benzene rings is 2. The van der Waals surface area contributed by atoms with Crippen LogP contribution >= 0.6 is 15.9 Å². The van der Waals surface area contributed by atoms with Crippen LogP contribution in [0.4, 0.5) is 0 Å². The zero-order chi connectivity index (χ0) is 19.0. The average Bonchev–Trinajstić information content (AvgIpc) is 2.59. The van der Waals surface area contributed by atoms with Crippen LogP contribution in [0.3, 0.4) is 0 Å². The summed E-state index contributed by atoms with van der Waals surface area (Å²) in [6.45, 7) is 1.55. The number of hydrogen-bond acceptors (Lipinski definition) is 6. The highest BCUT2D eigenvalue weighted by Crippen LogP contribution is 2.17. The number of halogens is 1. The van der Waals surface area contributed by atoms with Gasteiger partial charge in [-0.2, -0.15) is 0 Å². The molecule has 0 fully saturated rings. The van der Waals surface area contributed by atoms with E-state index in [0.717, 1.165) is 16.5 Å². The summed E-state index contributed by atoms with van der Waals surface area (Å²) in [5.74, 6) is 1.29. The van der Waals surface area contributed by atoms with E-state index in [4.69, 9.17) is 9.47 Å². The molecular weight excluding hydrogens is 422 g/mol. The third kappa shape index (κ3) is 7.33. The summed E-state index contributed by atoms with van der Waals surface area (Å²) in [5, 5.41) is 13.0. The molecule has 6 nitrogen and oxygen atoms in total. The van der Waals surface area contributed by atoms with E-state index >= 15 is 0 Å². The molecule has 2 N–H and O–H groups in total. The van der Waals surface area contributed by atoms with E-state index in [1.165, 1.54) is 12.1 Å². The van der Waals surface area contributed by atoms with E-state index in [9.17, 15) is 13.5 Å². The molecule has 2 aromatic carbocycles. The number of rotatable bonds is 10. The van der Waals surface area contributed by atoms with E-state index < -0.39 is 15.9 Å². The van der Waals surface area contributed by atoms with Crippen molar-refractivity contribution < 1.29 is 23.0 Å². The number of sulfone groups is 1. The van der Waals surface area contributed by atoms with Gasteiger partial charge in [-0.1, -0.05) is 22.0 Å². The van der Waals surface area contributed by atoms with Crippen LogP contribution in [0.2, 0.25) is 0 Å². The Hall–Kier alpha value is -1.61. The van der Waals surface area contributed by atoms with Crippen LogP contribution in [0.15, 0.2) is 57.9 Å². The summed E-state index contributed by atoms with van der Waals surface area (Å²) < 4.78 is 34.8. The fourth-order valence-electron chi connectivity index (χ4n) is 2.10. The van der Waals surface area contributed by atoms with Crippen LogP contribution in [0.25, 0.3) is 0 Å². The van der Waals surface area contributed by atoms with Crippen molar-refractivity contribution in [3.05, 3.63) is 53.0 Å². The lowest BCUT2D eigenvalue weighted by Gasteiger charge is -2.14. The number of aliphatic hydroxyl groups is 1. The first kappa shape index (κ1) is 20.7. The topological polar surface area (TPSA) is 84.9 Å². The molecule has 0 aliphatic carbocycles. The molecule has 2 aromatic rings. The Kier molecular flexibility index (Phi) is 7.89. The van der Waals surface area contributed by atoms with Crippen molar-refractivity contribution >= 4 is 25.8 Å². The second-order valence-electron chi connectivity index (χ2n) is 5.72. The molecular formula is C18H22BrNO5S. The van der Waals surface area contributed by atoms with E-state index in [1.807, 2.05) is 24.3 Å². The number of nitrogens with one attached hydrogen (secondary N) is 1. The van der Waals surface area contributed by atoms with E-state index in [0.29, 0.717) is 25.4 Å². The Labute approximate surface area is 162 Å². The van der Waals surface area contributed by atoms with Crippen LogP contribution in [-0.2, 0) is 9.84 Å². The van der Waals surface area contributed by atoms with Gasteiger partial charge >= 0.3 is 0 Å². The predicted octanol–water partition coefficient (Wildman–Crippen LogP) is 2.26. The lowest BCUT2D eigenvalue weighted by Crippen LogP contribution is -2.33. The first-order valence-corrected chi connectivity index (χ1v) is 10.7. The summed E-state index contributed by atoms with van der Waals surface area (Å²) in [7, 11) is -3.22. The normalized spacial score (nSPS) is 12.6. The highest BCUT2D eigenvalue weighted by molar-refractivity contribution is 9.10. The minimum Gasteiger partial charge on any atom is -0.492 e. The molecule has 0 spiro atoms. The molecule has 0 saturated carbocycles. The quantitative estimate of drug-likeness (QED) is 0.547. The van der Waals surface area contributed by atoms with Gasteiger partial charge in [0.1, 0.15) is 30.8 Å². The number of ether oxygens (including phenoxy) is 2. The first-order valence-electron chi connectivity index (χ1n) is 8.04. The van der Waals surface area contributed by atoms with Crippen molar-refractivity contribution in [2.24, 2.45) is 0 Å². The molecule has 26 heavy (non-hydrogen) atoms. The molecule has 0 amide bonds. The maximum Gasteiger partial charge on any atom is 0.175 e. The van der Waals surface area contributed by atoms with E-state index in [-0.39, 0.29) is 11.5 Å². The minimum atomic E-state index is -3.22. The molecule has 1 unspecified atom stereocenters. The van der Waals surface area contributed by atoms with E-state index in [2.05, 4.69) is 21.2 Å². The Morgan fingerprint density at radius 1 is 1.12 bits per heavy atom. The Morgan fingerprint density at radius 2 is 1.85 bits per heavy atom. The van der Waals surface area contributed by atoms with Gasteiger partial charge in [-0.05, 0) is 42.5 Å². The molecule has 0 bridgehead atoms. The van der Waals surface area contributed by atoms with Crippen molar-refractivity contribution in [1.29, 1.82) is 0 Å². The molecule has 0 saturated heterocycles. The summed E-state index contributed by atoms with van der Waals surface area (Å²) in [6.07, 6.45) is 0.467. The molecule has 0 aliphatic rings. The summed E-state index contributed by atoms with van der Waals surface area (Å²) in [4.78, 5) is 0.234. The Morgan fingerprint density at radius 3 is 2.50 bits per heavy atom. The summed E-state index contributed by atoms with van der Waals surface area (Å²) in [6, 6.07) is 13.7. The second kappa shape index (κ2) is 9.91. The van der Waals surface area contributed by atoms with Gasteiger partial charge in [0.15, 0.2) is 9.84 Å². The van der Waals surface area contributed by atoms with Crippen LogP contribution in [0.5, 0.6) is 11.5 Å². The molecule has 0 aliphatic heterocycles. The summed E-state index contributed by atoms with van der Waals surface area (Å²) in [5.41, 5.74) is 0. The standard InChI is InChI=1S/C18H22BrNO5S/c1-26(22,23)18-7-5-16(6-8-18)25-13-15(21)12-20-9-10-24-17-4-2-3-14(19)11-17/h2-8,11,15,20-21H,9-10,12-13H2,1H3. The largest absolute Gasteiger partial charge is 0.492 e. The number of hydrogen-bond donors (Lipinski definition) is 2. The first-order chi connectivity index (χ1) is 12.3. The molecule has 0 aromatic heterocycles. The predicted molar refractivity (Wildman–Crippen MR) is 104 cm³/mol. The molecule has 8 heteroatoms. The van der Waals surface area contributed by atoms with Gasteiger partial charge in [0.25, 0.3) is 0 Å². The van der Waals surface area contributed by atoms with Crippen LogP contribution in [0.1, 0.15) is 0 Å².